The largest absolute Gasteiger partial charge is 0.340 e. The molecule has 0 radical (unpaired) electrons. The molecule has 29 heavy (non-hydrogen) atoms. The number of hydrogen-bond acceptors (Lipinski definition) is 3. The fourth-order valence-electron chi connectivity index (χ4n) is 3.85. The van der Waals surface area contributed by atoms with E-state index in [1.807, 2.05) is 42.5 Å². The van der Waals surface area contributed by atoms with Crippen LogP contribution in [0.15, 0.2) is 54.6 Å². The molecule has 1 aliphatic heterocycles. The molecule has 1 saturated heterocycles. The second-order valence-corrected chi connectivity index (χ2v) is 8.11. The van der Waals surface area contributed by atoms with Crippen molar-refractivity contribution in [2.75, 3.05) is 13.6 Å². The molecule has 1 heterocycles. The first-order valence-corrected chi connectivity index (χ1v) is 9.91. The van der Waals surface area contributed by atoms with E-state index in [1.165, 1.54) is 0 Å². The first-order chi connectivity index (χ1) is 13.9. The Labute approximate surface area is 170 Å². The van der Waals surface area contributed by atoms with Crippen LogP contribution in [0, 0.1) is 5.92 Å². The van der Waals surface area contributed by atoms with Crippen LogP contribution in [0.4, 0.5) is 4.79 Å². The second-order valence-electron chi connectivity index (χ2n) is 8.11. The highest BCUT2D eigenvalue weighted by atomic mass is 16.2. The second kappa shape index (κ2) is 7.35. The van der Waals surface area contributed by atoms with Gasteiger partial charge in [-0.25, -0.2) is 4.79 Å². The van der Waals surface area contributed by atoms with Gasteiger partial charge in [-0.3, -0.25) is 14.5 Å². The number of rotatable bonds is 6. The van der Waals surface area contributed by atoms with E-state index < -0.39 is 11.6 Å². The Kier molecular flexibility index (Phi) is 4.86. The van der Waals surface area contributed by atoms with Gasteiger partial charge in [0.2, 0.25) is 5.91 Å². The van der Waals surface area contributed by atoms with E-state index in [0.29, 0.717) is 6.54 Å². The highest BCUT2D eigenvalue weighted by molar-refractivity contribution is 6.09. The number of benzene rings is 2. The SMILES string of the molecule is CN(Cc1ccc(-c2ccccc2)cc1)C(=O)CN1C(=O)NC(C)(C2CC2)C1=O. The minimum atomic E-state index is -0.858. The van der Waals surface area contributed by atoms with Crippen molar-refractivity contribution >= 4 is 17.8 Å². The van der Waals surface area contributed by atoms with Crippen LogP contribution in [0.25, 0.3) is 11.1 Å². The van der Waals surface area contributed by atoms with E-state index in [9.17, 15) is 14.4 Å². The maximum absolute atomic E-state index is 12.7. The lowest BCUT2D eigenvalue weighted by Crippen LogP contribution is -2.47. The third-order valence-electron chi connectivity index (χ3n) is 5.89. The molecular formula is C23H25N3O3. The summed E-state index contributed by atoms with van der Waals surface area (Å²) in [7, 11) is 1.69. The number of hydrogen-bond donors (Lipinski definition) is 1. The van der Waals surface area contributed by atoms with Crippen LogP contribution in [-0.4, -0.2) is 46.8 Å². The van der Waals surface area contributed by atoms with Crippen LogP contribution in [0.2, 0.25) is 0 Å². The molecule has 4 rings (SSSR count). The molecule has 6 nitrogen and oxygen atoms in total. The molecule has 1 atom stereocenters. The van der Waals surface area contributed by atoms with Crippen LogP contribution >= 0.6 is 0 Å². The number of nitrogens with one attached hydrogen (secondary N) is 1. The lowest BCUT2D eigenvalue weighted by atomic mass is 9.96. The van der Waals surface area contributed by atoms with Crippen LogP contribution in [0.1, 0.15) is 25.3 Å². The van der Waals surface area contributed by atoms with E-state index in [0.717, 1.165) is 34.4 Å². The van der Waals surface area contributed by atoms with Crippen LogP contribution < -0.4 is 5.32 Å². The molecule has 4 amide bonds. The molecule has 0 aromatic heterocycles. The smallest absolute Gasteiger partial charge is 0.325 e. The molecule has 0 spiro atoms. The number of imide groups is 1. The Bertz CT molecular complexity index is 938. The van der Waals surface area contributed by atoms with Gasteiger partial charge in [-0.05, 0) is 42.4 Å². The minimum absolute atomic E-state index is 0.180. The van der Waals surface area contributed by atoms with Gasteiger partial charge in [-0.1, -0.05) is 54.6 Å². The molecule has 1 aliphatic carbocycles. The number of urea groups is 1. The molecule has 1 unspecified atom stereocenters. The molecule has 2 aromatic rings. The van der Waals surface area contributed by atoms with Gasteiger partial charge >= 0.3 is 6.03 Å². The average molecular weight is 391 g/mol. The van der Waals surface area contributed by atoms with E-state index in [4.69, 9.17) is 0 Å². The van der Waals surface area contributed by atoms with E-state index in [-0.39, 0.29) is 24.3 Å². The molecule has 1 saturated carbocycles. The summed E-state index contributed by atoms with van der Waals surface area (Å²) in [6.07, 6.45) is 1.87. The van der Waals surface area contributed by atoms with Crippen molar-refractivity contribution in [3.8, 4) is 11.1 Å². The van der Waals surface area contributed by atoms with Crippen molar-refractivity contribution < 1.29 is 14.4 Å². The lowest BCUT2D eigenvalue weighted by molar-refractivity contribution is -0.138. The van der Waals surface area contributed by atoms with Crippen molar-refractivity contribution in [2.45, 2.75) is 31.8 Å². The number of carbonyl (C=O) groups excluding carboxylic acids is 3. The monoisotopic (exact) mass is 391 g/mol. The van der Waals surface area contributed by atoms with Gasteiger partial charge < -0.3 is 10.2 Å². The fraction of sp³-hybridized carbons (Fsp3) is 0.348. The normalized spacial score (nSPS) is 21.2. The Morgan fingerprint density at radius 1 is 1.07 bits per heavy atom. The van der Waals surface area contributed by atoms with E-state index in [2.05, 4.69) is 17.4 Å². The Morgan fingerprint density at radius 2 is 1.69 bits per heavy atom. The summed E-state index contributed by atoms with van der Waals surface area (Å²) in [5.41, 5.74) is 2.38. The van der Waals surface area contributed by atoms with Crippen LogP contribution in [0.5, 0.6) is 0 Å². The molecule has 2 fully saturated rings. The zero-order valence-corrected chi connectivity index (χ0v) is 16.7. The summed E-state index contributed by atoms with van der Waals surface area (Å²) in [6.45, 7) is 1.94. The Balaban J connectivity index is 1.37. The van der Waals surface area contributed by atoms with Gasteiger partial charge in [0.15, 0.2) is 0 Å². The predicted octanol–water partition coefficient (Wildman–Crippen LogP) is 3.03. The molecule has 1 N–H and O–H groups in total. The van der Waals surface area contributed by atoms with Crippen molar-refractivity contribution in [1.82, 2.24) is 15.1 Å². The molecular weight excluding hydrogens is 366 g/mol. The molecule has 150 valence electrons. The van der Waals surface area contributed by atoms with Gasteiger partial charge in [0.25, 0.3) is 5.91 Å². The lowest BCUT2D eigenvalue weighted by Gasteiger charge is -2.22. The standard InChI is InChI=1S/C23H25N3O3/c1-23(19-12-13-19)21(28)26(22(29)24-23)15-20(27)25(2)14-16-8-10-18(11-9-16)17-6-4-3-5-7-17/h3-11,19H,12-15H2,1-2H3,(H,24,29). The summed E-state index contributed by atoms with van der Waals surface area (Å²) in [4.78, 5) is 40.2. The van der Waals surface area contributed by atoms with Gasteiger partial charge in [-0.2, -0.15) is 0 Å². The van der Waals surface area contributed by atoms with Gasteiger partial charge in [0.05, 0.1) is 0 Å². The summed E-state index contributed by atoms with van der Waals surface area (Å²) in [6, 6.07) is 17.7. The summed E-state index contributed by atoms with van der Waals surface area (Å²) in [5, 5.41) is 2.77. The molecule has 0 bridgehead atoms. The summed E-state index contributed by atoms with van der Waals surface area (Å²) >= 11 is 0. The highest BCUT2D eigenvalue weighted by Gasteiger charge is 2.56. The maximum Gasteiger partial charge on any atom is 0.325 e. The van der Waals surface area contributed by atoms with Crippen molar-refractivity contribution in [3.63, 3.8) is 0 Å². The highest BCUT2D eigenvalue weighted by Crippen LogP contribution is 2.42. The first kappa shape index (κ1) is 19.2. The zero-order chi connectivity index (χ0) is 20.6. The Morgan fingerprint density at radius 3 is 2.31 bits per heavy atom. The van der Waals surface area contributed by atoms with Gasteiger partial charge in [0, 0.05) is 13.6 Å². The van der Waals surface area contributed by atoms with Crippen molar-refractivity contribution in [1.29, 1.82) is 0 Å². The summed E-state index contributed by atoms with van der Waals surface area (Å²) < 4.78 is 0. The van der Waals surface area contributed by atoms with Gasteiger partial charge in [-0.15, -0.1) is 0 Å². The minimum Gasteiger partial charge on any atom is -0.340 e. The quantitative estimate of drug-likeness (QED) is 0.770. The number of carbonyl (C=O) groups is 3. The number of likely N-dealkylation sites (N-methyl/N-ethyl adjacent to an activating group) is 1. The average Bonchev–Trinajstić information content (AvgIpc) is 3.55. The summed E-state index contributed by atoms with van der Waals surface area (Å²) in [5.74, 6) is -0.375. The third kappa shape index (κ3) is 3.75. The van der Waals surface area contributed by atoms with Crippen LogP contribution in [-0.2, 0) is 16.1 Å². The first-order valence-electron chi connectivity index (χ1n) is 9.91. The third-order valence-corrected chi connectivity index (χ3v) is 5.89. The molecule has 2 aliphatic rings. The fourth-order valence-corrected chi connectivity index (χ4v) is 3.85. The Hall–Kier alpha value is -3.15. The van der Waals surface area contributed by atoms with E-state index in [1.54, 1.807) is 18.9 Å². The number of nitrogens with zero attached hydrogens (tertiary/aromatic N) is 2. The molecule has 2 aromatic carbocycles. The van der Waals surface area contributed by atoms with Gasteiger partial charge in [0.1, 0.15) is 12.1 Å². The van der Waals surface area contributed by atoms with E-state index >= 15 is 0 Å². The van der Waals surface area contributed by atoms with Crippen LogP contribution in [0.3, 0.4) is 0 Å². The van der Waals surface area contributed by atoms with Crippen molar-refractivity contribution in [2.24, 2.45) is 5.92 Å². The zero-order valence-electron chi connectivity index (χ0n) is 16.7. The molecule has 6 heteroatoms. The van der Waals surface area contributed by atoms with Crippen molar-refractivity contribution in [3.05, 3.63) is 60.2 Å². The number of amides is 4. The topological polar surface area (TPSA) is 69.7 Å². The maximum atomic E-state index is 12.7. The predicted molar refractivity (Wildman–Crippen MR) is 110 cm³/mol.